The number of fused-ring (bicyclic) bond motifs is 4. The Morgan fingerprint density at radius 1 is 1.10 bits per heavy atom. The molecule has 0 unspecified atom stereocenters. The van der Waals surface area contributed by atoms with Gasteiger partial charge < -0.3 is 9.84 Å². The van der Waals surface area contributed by atoms with Crippen LogP contribution in [0.3, 0.4) is 0 Å². The molecule has 4 aliphatic rings. The maximum absolute atomic E-state index is 10.1. The smallest absolute Gasteiger partial charge is 0.0959 e. The van der Waals surface area contributed by atoms with Crippen LogP contribution in [0.2, 0.25) is 0 Å². The number of rotatable bonds is 1. The molecule has 0 amide bonds. The third-order valence-corrected chi connectivity index (χ3v) is 6.05. The Hall–Kier alpha value is -1.02. The highest BCUT2D eigenvalue weighted by Gasteiger charge is 2.43. The number of methoxy groups -OCH3 is 1. The SMILES string of the molecule is COC1=CCC2=C(CC[C@H]3C4=CC[C@H](O)[C@H]4CC[C@H]23)C1. The highest BCUT2D eigenvalue weighted by atomic mass is 16.5. The molecule has 1 N–H and O–H groups in total. The fourth-order valence-electron chi connectivity index (χ4n) is 5.07. The first-order valence-corrected chi connectivity index (χ1v) is 8.09. The molecule has 4 atom stereocenters. The molecule has 0 spiro atoms. The lowest BCUT2D eigenvalue weighted by atomic mass is 9.61. The van der Waals surface area contributed by atoms with Crippen molar-refractivity contribution in [2.75, 3.05) is 7.11 Å². The molecule has 0 aromatic heterocycles. The number of allylic oxidation sites excluding steroid dienone is 3. The van der Waals surface area contributed by atoms with Crippen LogP contribution in [-0.2, 0) is 4.74 Å². The van der Waals surface area contributed by atoms with E-state index in [1.807, 2.05) is 0 Å². The largest absolute Gasteiger partial charge is 0.501 e. The first kappa shape index (κ1) is 12.7. The molecule has 108 valence electrons. The molecule has 0 radical (unpaired) electrons. The Balaban J connectivity index is 1.61. The summed E-state index contributed by atoms with van der Waals surface area (Å²) in [6, 6.07) is 0. The monoisotopic (exact) mass is 272 g/mol. The van der Waals surface area contributed by atoms with E-state index in [0.717, 1.165) is 36.9 Å². The van der Waals surface area contributed by atoms with Crippen molar-refractivity contribution in [3.05, 3.63) is 34.6 Å². The standard InChI is InChI=1S/C18H24O2/c1-20-12-3-5-13-11(10-12)2-4-15-14(13)6-7-17-16(15)8-9-18(17)19/h3,8,14-15,17-19H,2,4-7,9-10H2,1H3/t14-,15-,17+,18+/m1/s1. The molecule has 1 fully saturated rings. The number of hydrogen-bond acceptors (Lipinski definition) is 2. The lowest BCUT2D eigenvalue weighted by Gasteiger charge is -2.44. The van der Waals surface area contributed by atoms with Gasteiger partial charge in [-0.1, -0.05) is 22.8 Å². The van der Waals surface area contributed by atoms with Crippen LogP contribution >= 0.6 is 0 Å². The summed E-state index contributed by atoms with van der Waals surface area (Å²) in [7, 11) is 1.79. The zero-order valence-corrected chi connectivity index (χ0v) is 12.3. The summed E-state index contributed by atoms with van der Waals surface area (Å²) in [5, 5.41) is 10.1. The highest BCUT2D eigenvalue weighted by molar-refractivity contribution is 5.36. The van der Waals surface area contributed by atoms with Crippen LogP contribution in [0.1, 0.15) is 44.9 Å². The second kappa shape index (κ2) is 4.77. The Morgan fingerprint density at radius 3 is 2.80 bits per heavy atom. The first-order chi connectivity index (χ1) is 9.78. The van der Waals surface area contributed by atoms with Gasteiger partial charge in [0, 0.05) is 12.3 Å². The van der Waals surface area contributed by atoms with Gasteiger partial charge in [-0.15, -0.1) is 0 Å². The first-order valence-electron chi connectivity index (χ1n) is 8.09. The average Bonchev–Trinajstić information content (AvgIpc) is 2.88. The van der Waals surface area contributed by atoms with Crippen molar-refractivity contribution in [1.82, 2.24) is 0 Å². The highest BCUT2D eigenvalue weighted by Crippen LogP contribution is 2.53. The van der Waals surface area contributed by atoms with E-state index < -0.39 is 0 Å². The number of aliphatic hydroxyl groups excluding tert-OH is 1. The van der Waals surface area contributed by atoms with Crippen molar-refractivity contribution in [2.24, 2.45) is 17.8 Å². The second-order valence-corrected chi connectivity index (χ2v) is 6.83. The van der Waals surface area contributed by atoms with Crippen molar-refractivity contribution < 1.29 is 9.84 Å². The van der Waals surface area contributed by atoms with Crippen LogP contribution in [-0.4, -0.2) is 18.3 Å². The quantitative estimate of drug-likeness (QED) is 0.737. The topological polar surface area (TPSA) is 29.5 Å². The van der Waals surface area contributed by atoms with Gasteiger partial charge in [-0.25, -0.2) is 0 Å². The molecule has 0 saturated heterocycles. The van der Waals surface area contributed by atoms with Crippen LogP contribution in [0.25, 0.3) is 0 Å². The lowest BCUT2D eigenvalue weighted by molar-refractivity contribution is 0.108. The molecule has 0 aromatic carbocycles. The van der Waals surface area contributed by atoms with Gasteiger partial charge in [-0.2, -0.15) is 0 Å². The van der Waals surface area contributed by atoms with Crippen molar-refractivity contribution in [3.8, 4) is 0 Å². The maximum atomic E-state index is 10.1. The minimum atomic E-state index is -0.0901. The second-order valence-electron chi connectivity index (χ2n) is 6.83. The predicted molar refractivity (Wildman–Crippen MR) is 79.0 cm³/mol. The van der Waals surface area contributed by atoms with Gasteiger partial charge >= 0.3 is 0 Å². The zero-order chi connectivity index (χ0) is 13.7. The predicted octanol–water partition coefficient (Wildman–Crippen LogP) is 3.73. The molecule has 0 bridgehead atoms. The molecule has 0 heterocycles. The Bertz CT molecular complexity index is 512. The Labute approximate surface area is 121 Å². The summed E-state index contributed by atoms with van der Waals surface area (Å²) in [5.41, 5.74) is 4.97. The van der Waals surface area contributed by atoms with Crippen molar-refractivity contribution in [2.45, 2.75) is 51.0 Å². The molecule has 0 aromatic rings. The van der Waals surface area contributed by atoms with Gasteiger partial charge in [-0.05, 0) is 56.4 Å². The van der Waals surface area contributed by atoms with Gasteiger partial charge in [0.2, 0.25) is 0 Å². The summed E-state index contributed by atoms with van der Waals surface area (Å²) in [4.78, 5) is 0. The maximum Gasteiger partial charge on any atom is 0.0959 e. The van der Waals surface area contributed by atoms with E-state index in [1.54, 1.807) is 23.8 Å². The van der Waals surface area contributed by atoms with Gasteiger partial charge in [0.1, 0.15) is 0 Å². The summed E-state index contributed by atoms with van der Waals surface area (Å²) in [5.74, 6) is 3.11. The third kappa shape index (κ3) is 1.81. The summed E-state index contributed by atoms with van der Waals surface area (Å²) in [6.07, 6.45) is 12.6. The Kier molecular flexibility index (Phi) is 3.03. The minimum Gasteiger partial charge on any atom is -0.501 e. The van der Waals surface area contributed by atoms with Crippen LogP contribution in [0.5, 0.6) is 0 Å². The number of aliphatic hydroxyl groups is 1. The van der Waals surface area contributed by atoms with E-state index in [-0.39, 0.29) is 6.10 Å². The zero-order valence-electron chi connectivity index (χ0n) is 12.3. The van der Waals surface area contributed by atoms with Crippen LogP contribution in [0, 0.1) is 17.8 Å². The van der Waals surface area contributed by atoms with Crippen molar-refractivity contribution >= 4 is 0 Å². The molecular formula is C18H24O2. The summed E-state index contributed by atoms with van der Waals surface area (Å²) >= 11 is 0. The van der Waals surface area contributed by atoms with Gasteiger partial charge in [0.05, 0.1) is 19.0 Å². The van der Waals surface area contributed by atoms with Crippen LogP contribution in [0.4, 0.5) is 0 Å². The van der Waals surface area contributed by atoms with E-state index in [0.29, 0.717) is 5.92 Å². The van der Waals surface area contributed by atoms with E-state index in [2.05, 4.69) is 12.2 Å². The lowest BCUT2D eigenvalue weighted by Crippen LogP contribution is -2.34. The van der Waals surface area contributed by atoms with Gasteiger partial charge in [0.15, 0.2) is 0 Å². The van der Waals surface area contributed by atoms with Crippen LogP contribution in [0.15, 0.2) is 34.6 Å². The summed E-state index contributed by atoms with van der Waals surface area (Å²) in [6.45, 7) is 0. The van der Waals surface area contributed by atoms with E-state index in [4.69, 9.17) is 4.74 Å². The Morgan fingerprint density at radius 2 is 1.95 bits per heavy atom. The van der Waals surface area contributed by atoms with Crippen LogP contribution < -0.4 is 0 Å². The molecule has 4 rings (SSSR count). The third-order valence-electron chi connectivity index (χ3n) is 6.05. The fourth-order valence-corrected chi connectivity index (χ4v) is 5.07. The van der Waals surface area contributed by atoms with E-state index >= 15 is 0 Å². The fraction of sp³-hybridized carbons (Fsp3) is 0.667. The minimum absolute atomic E-state index is 0.0901. The van der Waals surface area contributed by atoms with Crippen molar-refractivity contribution in [1.29, 1.82) is 0 Å². The number of hydrogen-bond donors (Lipinski definition) is 1. The van der Waals surface area contributed by atoms with Crippen molar-refractivity contribution in [3.63, 3.8) is 0 Å². The molecule has 4 aliphatic carbocycles. The number of ether oxygens (including phenoxy) is 1. The molecule has 0 aliphatic heterocycles. The average molecular weight is 272 g/mol. The molecule has 20 heavy (non-hydrogen) atoms. The molecule has 2 nitrogen and oxygen atoms in total. The summed E-state index contributed by atoms with van der Waals surface area (Å²) < 4.78 is 5.44. The van der Waals surface area contributed by atoms with E-state index in [9.17, 15) is 5.11 Å². The van der Waals surface area contributed by atoms with Gasteiger partial charge in [-0.3, -0.25) is 0 Å². The molecular weight excluding hydrogens is 248 g/mol. The van der Waals surface area contributed by atoms with Gasteiger partial charge in [0.25, 0.3) is 0 Å². The molecule has 1 saturated carbocycles. The normalized spacial score (nSPS) is 39.5. The van der Waals surface area contributed by atoms with E-state index in [1.165, 1.54) is 25.7 Å². The molecule has 2 heteroatoms.